The lowest BCUT2D eigenvalue weighted by atomic mass is 10.3. The second-order valence-electron chi connectivity index (χ2n) is 3.72. The Hall–Kier alpha value is -1.16. The molecular formula is C11H13NO4P-. The van der Waals surface area contributed by atoms with Gasteiger partial charge in [0, 0.05) is 5.69 Å². The minimum atomic E-state index is -1.24. The van der Waals surface area contributed by atoms with Crippen molar-refractivity contribution in [3.63, 3.8) is 0 Å². The Labute approximate surface area is 101 Å². The topological polar surface area (TPSA) is 61.8 Å². The lowest BCUT2D eigenvalue weighted by Crippen LogP contribution is -2.41. The lowest BCUT2D eigenvalue weighted by molar-refractivity contribution is -0.246. The number of hydrogen-bond acceptors (Lipinski definition) is 4. The number of rotatable bonds is 3. The van der Waals surface area contributed by atoms with Crippen LogP contribution in [0.2, 0.25) is 0 Å². The van der Waals surface area contributed by atoms with Gasteiger partial charge in [-0.3, -0.25) is 0 Å². The molecule has 2 atom stereocenters. The molecule has 1 saturated heterocycles. The van der Waals surface area contributed by atoms with Crippen molar-refractivity contribution in [2.24, 2.45) is 0 Å². The van der Waals surface area contributed by atoms with Gasteiger partial charge in [0.1, 0.15) is 6.09 Å². The predicted molar refractivity (Wildman–Crippen MR) is 62.6 cm³/mol. The zero-order valence-corrected chi connectivity index (χ0v) is 10.3. The van der Waals surface area contributed by atoms with Crippen LogP contribution in [0.3, 0.4) is 0 Å². The Kier molecular flexibility index (Phi) is 3.94. The van der Waals surface area contributed by atoms with Gasteiger partial charge < -0.3 is 23.8 Å². The normalized spacial score (nSPS) is 23.6. The second kappa shape index (κ2) is 5.45. The minimum Gasteiger partial charge on any atom is -0.530 e. The number of benzene rings is 1. The predicted octanol–water partition coefficient (Wildman–Crippen LogP) is 1.54. The standard InChI is InChI=1S/C11H14NO4P/c1-9-7-15-17(16-9)8-12(11(13)14)10-5-3-2-4-6-10/h2-6,9H,7-8H2,1H3,(H,13,14)/p-1. The molecule has 2 unspecified atom stereocenters. The highest BCUT2D eigenvalue weighted by molar-refractivity contribution is 7.47. The number of para-hydroxylation sites is 1. The highest BCUT2D eigenvalue weighted by atomic mass is 31.2. The van der Waals surface area contributed by atoms with Gasteiger partial charge in [0.2, 0.25) is 0 Å². The molecule has 1 aliphatic rings. The number of nitrogens with zero attached hydrogens (tertiary/aromatic N) is 1. The molecule has 92 valence electrons. The van der Waals surface area contributed by atoms with E-state index in [0.29, 0.717) is 12.3 Å². The van der Waals surface area contributed by atoms with Gasteiger partial charge in [0.25, 0.3) is 0 Å². The molecule has 0 saturated carbocycles. The fourth-order valence-electron chi connectivity index (χ4n) is 1.49. The summed E-state index contributed by atoms with van der Waals surface area (Å²) in [6.45, 7) is 2.41. The van der Waals surface area contributed by atoms with Crippen molar-refractivity contribution in [3.8, 4) is 0 Å². The summed E-state index contributed by atoms with van der Waals surface area (Å²) < 4.78 is 10.9. The number of hydrogen-bond donors (Lipinski definition) is 0. The molecular weight excluding hydrogens is 241 g/mol. The summed E-state index contributed by atoms with van der Waals surface area (Å²) in [5.41, 5.74) is 0.571. The van der Waals surface area contributed by atoms with Gasteiger partial charge in [0.15, 0.2) is 8.38 Å². The molecule has 17 heavy (non-hydrogen) atoms. The maximum Gasteiger partial charge on any atom is 0.192 e. The summed E-state index contributed by atoms with van der Waals surface area (Å²) in [6.07, 6.45) is -1.03. The molecule has 0 aromatic heterocycles. The number of carboxylic acid groups (broad SMARTS) is 1. The van der Waals surface area contributed by atoms with E-state index in [4.69, 9.17) is 9.05 Å². The van der Waals surface area contributed by atoms with Crippen LogP contribution in [0.25, 0.3) is 0 Å². The van der Waals surface area contributed by atoms with Gasteiger partial charge in [-0.05, 0) is 19.1 Å². The van der Waals surface area contributed by atoms with Crippen LogP contribution in [-0.2, 0) is 9.05 Å². The highest BCUT2D eigenvalue weighted by Gasteiger charge is 2.26. The average Bonchev–Trinajstić information content (AvgIpc) is 2.73. The molecule has 0 aliphatic carbocycles. The van der Waals surface area contributed by atoms with Crippen LogP contribution >= 0.6 is 8.38 Å². The monoisotopic (exact) mass is 254 g/mol. The highest BCUT2D eigenvalue weighted by Crippen LogP contribution is 2.46. The first-order valence-corrected chi connectivity index (χ1v) is 6.64. The van der Waals surface area contributed by atoms with E-state index in [1.807, 2.05) is 13.0 Å². The molecule has 1 aromatic rings. The summed E-state index contributed by atoms with van der Waals surface area (Å²) in [5.74, 6) is 0. The van der Waals surface area contributed by atoms with Crippen LogP contribution in [0.15, 0.2) is 30.3 Å². The van der Waals surface area contributed by atoms with Crippen LogP contribution in [0.4, 0.5) is 10.5 Å². The molecule has 1 aliphatic heterocycles. The van der Waals surface area contributed by atoms with Crippen molar-refractivity contribution in [2.45, 2.75) is 13.0 Å². The van der Waals surface area contributed by atoms with E-state index >= 15 is 0 Å². The number of carbonyl (C=O) groups excluding carboxylic acids is 1. The van der Waals surface area contributed by atoms with E-state index in [1.165, 1.54) is 0 Å². The fourth-order valence-corrected chi connectivity index (χ4v) is 3.05. The van der Waals surface area contributed by atoms with Gasteiger partial charge in [-0.2, -0.15) is 0 Å². The van der Waals surface area contributed by atoms with E-state index in [-0.39, 0.29) is 12.4 Å². The van der Waals surface area contributed by atoms with E-state index in [1.54, 1.807) is 24.3 Å². The Morgan fingerprint density at radius 1 is 1.53 bits per heavy atom. The van der Waals surface area contributed by atoms with Crippen LogP contribution < -0.4 is 10.0 Å². The number of amides is 1. The van der Waals surface area contributed by atoms with Gasteiger partial charge in [0.05, 0.1) is 19.0 Å². The third-order valence-corrected chi connectivity index (χ3v) is 3.84. The Bertz CT molecular complexity index is 386. The maximum atomic E-state index is 11.1. The van der Waals surface area contributed by atoms with E-state index in [9.17, 15) is 9.90 Å². The molecule has 2 rings (SSSR count). The average molecular weight is 254 g/mol. The van der Waals surface area contributed by atoms with Gasteiger partial charge >= 0.3 is 0 Å². The largest absolute Gasteiger partial charge is 0.530 e. The summed E-state index contributed by atoms with van der Waals surface area (Å²) in [4.78, 5) is 12.2. The first-order chi connectivity index (χ1) is 8.16. The summed E-state index contributed by atoms with van der Waals surface area (Å²) in [7, 11) is -1.17. The minimum absolute atomic E-state index is 0.0282. The molecule has 1 heterocycles. The van der Waals surface area contributed by atoms with Crippen LogP contribution in [0.1, 0.15) is 6.92 Å². The molecule has 0 N–H and O–H groups in total. The quantitative estimate of drug-likeness (QED) is 0.767. The third kappa shape index (κ3) is 3.16. The zero-order chi connectivity index (χ0) is 12.3. The van der Waals surface area contributed by atoms with Crippen molar-refractivity contribution in [1.82, 2.24) is 0 Å². The molecule has 1 amide bonds. The molecule has 1 aromatic carbocycles. The van der Waals surface area contributed by atoms with Crippen LogP contribution in [-0.4, -0.2) is 25.1 Å². The zero-order valence-electron chi connectivity index (χ0n) is 9.41. The first-order valence-electron chi connectivity index (χ1n) is 5.27. The van der Waals surface area contributed by atoms with Crippen molar-refractivity contribution in [1.29, 1.82) is 0 Å². The van der Waals surface area contributed by atoms with Crippen LogP contribution in [0.5, 0.6) is 0 Å². The fraction of sp³-hybridized carbons (Fsp3) is 0.364. The molecule has 0 spiro atoms. The van der Waals surface area contributed by atoms with Crippen molar-refractivity contribution in [2.75, 3.05) is 17.8 Å². The summed E-state index contributed by atoms with van der Waals surface area (Å²) >= 11 is 0. The molecule has 6 heteroatoms. The number of carbonyl (C=O) groups is 1. The lowest BCUT2D eigenvalue weighted by Gasteiger charge is -2.26. The van der Waals surface area contributed by atoms with Crippen LogP contribution in [0, 0.1) is 0 Å². The Morgan fingerprint density at radius 3 is 2.76 bits per heavy atom. The van der Waals surface area contributed by atoms with E-state index in [0.717, 1.165) is 4.90 Å². The SMILES string of the molecule is CC1COP(CN(C(=O)[O-])c2ccccc2)O1. The molecule has 1 fully saturated rings. The van der Waals surface area contributed by atoms with Crippen molar-refractivity contribution in [3.05, 3.63) is 30.3 Å². The van der Waals surface area contributed by atoms with Crippen molar-refractivity contribution < 1.29 is 18.9 Å². The Balaban J connectivity index is 2.06. The third-order valence-electron chi connectivity index (χ3n) is 2.30. The van der Waals surface area contributed by atoms with E-state index < -0.39 is 14.5 Å². The Morgan fingerprint density at radius 2 is 2.24 bits per heavy atom. The van der Waals surface area contributed by atoms with Gasteiger partial charge in [-0.25, -0.2) is 0 Å². The van der Waals surface area contributed by atoms with Gasteiger partial charge in [-0.1, -0.05) is 18.2 Å². The molecule has 0 radical (unpaired) electrons. The van der Waals surface area contributed by atoms with E-state index in [2.05, 4.69) is 0 Å². The number of anilines is 1. The van der Waals surface area contributed by atoms with Gasteiger partial charge in [-0.15, -0.1) is 0 Å². The second-order valence-corrected chi connectivity index (χ2v) is 5.13. The molecule has 5 nitrogen and oxygen atoms in total. The first kappa shape index (κ1) is 12.3. The maximum absolute atomic E-state index is 11.1. The smallest absolute Gasteiger partial charge is 0.192 e. The molecule has 0 bridgehead atoms. The van der Waals surface area contributed by atoms with Crippen molar-refractivity contribution >= 4 is 20.2 Å². The summed E-state index contributed by atoms with van der Waals surface area (Å²) in [5, 5.41) is 11.1. The summed E-state index contributed by atoms with van der Waals surface area (Å²) in [6, 6.07) is 8.80.